The molecular formula is C13H15Br3N2O3. The molecule has 2 amide bonds. The summed E-state index contributed by atoms with van der Waals surface area (Å²) in [5, 5.41) is 14.3. The topological polar surface area (TPSA) is 78.4 Å². The van der Waals surface area contributed by atoms with Crippen LogP contribution in [0.1, 0.15) is 20.3 Å². The maximum Gasteiger partial charge on any atom is 0.326 e. The monoisotopic (exact) mass is 484 g/mol. The van der Waals surface area contributed by atoms with Crippen molar-refractivity contribution in [3.63, 3.8) is 0 Å². The largest absolute Gasteiger partial charge is 0.480 e. The fourth-order valence-electron chi connectivity index (χ4n) is 1.64. The molecule has 1 rings (SSSR count). The lowest BCUT2D eigenvalue weighted by atomic mass is 9.99. The number of urea groups is 1. The number of carboxylic acids is 1. The molecule has 1 unspecified atom stereocenters. The summed E-state index contributed by atoms with van der Waals surface area (Å²) in [6.07, 6.45) is 0.656. The Morgan fingerprint density at radius 2 is 1.76 bits per heavy atom. The zero-order valence-corrected chi connectivity index (χ0v) is 16.2. The van der Waals surface area contributed by atoms with E-state index in [4.69, 9.17) is 5.11 Å². The van der Waals surface area contributed by atoms with Crippen LogP contribution in [-0.4, -0.2) is 23.1 Å². The molecule has 5 nitrogen and oxygen atoms in total. The van der Waals surface area contributed by atoms with Crippen molar-refractivity contribution in [1.29, 1.82) is 0 Å². The van der Waals surface area contributed by atoms with Crippen LogP contribution in [0, 0.1) is 5.92 Å². The quantitative estimate of drug-likeness (QED) is 0.569. The van der Waals surface area contributed by atoms with Gasteiger partial charge in [0.15, 0.2) is 0 Å². The molecule has 0 bridgehead atoms. The predicted octanol–water partition coefficient (Wildman–Crippen LogP) is 4.59. The minimum Gasteiger partial charge on any atom is -0.480 e. The third-order valence-corrected chi connectivity index (χ3v) is 4.72. The number of aliphatic carboxylic acids is 1. The van der Waals surface area contributed by atoms with Gasteiger partial charge in [-0.1, -0.05) is 36.2 Å². The Kier molecular flexibility index (Phi) is 7.15. The van der Waals surface area contributed by atoms with E-state index in [0.717, 1.165) is 4.47 Å². The van der Waals surface area contributed by atoms with Crippen LogP contribution in [0.3, 0.4) is 0 Å². The molecule has 0 fully saturated rings. The van der Waals surface area contributed by atoms with Gasteiger partial charge in [0.25, 0.3) is 0 Å². The van der Waals surface area contributed by atoms with Gasteiger partial charge < -0.3 is 15.7 Å². The summed E-state index contributed by atoms with van der Waals surface area (Å²) in [5.41, 5.74) is 0.531. The van der Waals surface area contributed by atoms with Crippen LogP contribution in [0.2, 0.25) is 0 Å². The summed E-state index contributed by atoms with van der Waals surface area (Å²) in [6.45, 7) is 3.66. The van der Waals surface area contributed by atoms with Crippen LogP contribution >= 0.6 is 47.8 Å². The van der Waals surface area contributed by atoms with E-state index in [2.05, 4.69) is 58.4 Å². The summed E-state index contributed by atoms with van der Waals surface area (Å²) in [4.78, 5) is 23.2. The second kappa shape index (κ2) is 8.14. The minimum absolute atomic E-state index is 0.162. The smallest absolute Gasteiger partial charge is 0.326 e. The van der Waals surface area contributed by atoms with E-state index in [1.807, 2.05) is 6.92 Å². The van der Waals surface area contributed by atoms with Crippen LogP contribution in [0.5, 0.6) is 0 Å². The second-order valence-corrected chi connectivity index (χ2v) is 7.17. The van der Waals surface area contributed by atoms with Gasteiger partial charge >= 0.3 is 12.0 Å². The van der Waals surface area contributed by atoms with Gasteiger partial charge in [-0.25, -0.2) is 9.59 Å². The number of carbonyl (C=O) groups is 2. The van der Waals surface area contributed by atoms with Gasteiger partial charge in [0.2, 0.25) is 0 Å². The molecule has 0 aliphatic carbocycles. The molecule has 21 heavy (non-hydrogen) atoms. The van der Waals surface area contributed by atoms with Crippen molar-refractivity contribution in [3.8, 4) is 0 Å². The van der Waals surface area contributed by atoms with E-state index in [1.54, 1.807) is 19.1 Å². The molecule has 0 aliphatic heterocycles. The lowest BCUT2D eigenvalue weighted by Gasteiger charge is -2.21. The van der Waals surface area contributed by atoms with Gasteiger partial charge in [0.1, 0.15) is 6.04 Å². The number of hydrogen-bond donors (Lipinski definition) is 3. The predicted molar refractivity (Wildman–Crippen MR) is 92.6 cm³/mol. The third-order valence-electron chi connectivity index (χ3n) is 3.01. The summed E-state index contributed by atoms with van der Waals surface area (Å²) >= 11 is 10.0. The van der Waals surface area contributed by atoms with Crippen molar-refractivity contribution >= 4 is 65.5 Å². The Labute approximate surface area is 148 Å². The average Bonchev–Trinajstić information content (AvgIpc) is 2.39. The van der Waals surface area contributed by atoms with Crippen molar-refractivity contribution in [3.05, 3.63) is 25.6 Å². The van der Waals surface area contributed by atoms with Crippen molar-refractivity contribution < 1.29 is 14.7 Å². The fourth-order valence-corrected chi connectivity index (χ4v) is 4.09. The first-order valence-electron chi connectivity index (χ1n) is 6.21. The first kappa shape index (κ1) is 18.4. The van der Waals surface area contributed by atoms with Crippen LogP contribution in [0.15, 0.2) is 25.6 Å². The van der Waals surface area contributed by atoms with Crippen LogP contribution < -0.4 is 10.6 Å². The zero-order valence-electron chi connectivity index (χ0n) is 11.4. The van der Waals surface area contributed by atoms with Gasteiger partial charge in [-0.15, -0.1) is 0 Å². The Morgan fingerprint density at radius 3 is 2.19 bits per heavy atom. The number of nitrogens with one attached hydrogen (secondary N) is 2. The maximum absolute atomic E-state index is 12.0. The average molecular weight is 487 g/mol. The van der Waals surface area contributed by atoms with Gasteiger partial charge in [-0.3, -0.25) is 0 Å². The summed E-state index contributed by atoms with van der Waals surface area (Å²) in [7, 11) is 0. The zero-order chi connectivity index (χ0) is 16.2. The maximum atomic E-state index is 12.0. The number of carboxylic acid groups (broad SMARTS) is 1. The van der Waals surface area contributed by atoms with E-state index in [1.165, 1.54) is 0 Å². The summed E-state index contributed by atoms with van der Waals surface area (Å²) in [5.74, 6) is -1.21. The van der Waals surface area contributed by atoms with E-state index in [0.29, 0.717) is 21.1 Å². The second-order valence-electron chi connectivity index (χ2n) is 4.54. The van der Waals surface area contributed by atoms with E-state index < -0.39 is 18.0 Å². The van der Waals surface area contributed by atoms with Gasteiger partial charge in [0, 0.05) is 13.4 Å². The molecule has 2 atom stereocenters. The van der Waals surface area contributed by atoms with E-state index in [9.17, 15) is 9.59 Å². The number of carbonyl (C=O) groups excluding carboxylic acids is 1. The molecule has 0 spiro atoms. The van der Waals surface area contributed by atoms with E-state index in [-0.39, 0.29) is 5.92 Å². The Bertz CT molecular complexity index is 528. The Balaban J connectivity index is 2.84. The first-order chi connectivity index (χ1) is 9.76. The van der Waals surface area contributed by atoms with Gasteiger partial charge in [-0.2, -0.15) is 0 Å². The molecule has 0 radical (unpaired) electrons. The number of anilines is 1. The molecule has 116 valence electrons. The molecule has 1 aromatic carbocycles. The highest BCUT2D eigenvalue weighted by molar-refractivity contribution is 9.11. The SMILES string of the molecule is CCC(C)[C@H](NC(=O)Nc1c(Br)cc(Br)cc1Br)C(=O)O. The highest BCUT2D eigenvalue weighted by Gasteiger charge is 2.25. The third kappa shape index (κ3) is 5.27. The molecule has 8 heteroatoms. The molecule has 0 heterocycles. The minimum atomic E-state index is -1.05. The number of benzene rings is 1. The summed E-state index contributed by atoms with van der Waals surface area (Å²) in [6, 6.07) is 2.07. The van der Waals surface area contributed by atoms with Crippen molar-refractivity contribution in [2.24, 2.45) is 5.92 Å². The van der Waals surface area contributed by atoms with Gasteiger partial charge in [-0.05, 0) is 49.9 Å². The summed E-state index contributed by atoms with van der Waals surface area (Å²) < 4.78 is 2.19. The standard InChI is InChI=1S/C13H15Br3N2O3/c1-3-6(2)10(12(19)20)17-13(21)18-11-8(15)4-7(14)5-9(11)16/h4-6,10H,3H2,1-2H3,(H,19,20)(H2,17,18,21)/t6?,10-/m0/s1. The number of halogens is 3. The molecule has 0 saturated heterocycles. The molecule has 1 aromatic rings. The van der Waals surface area contributed by atoms with Crippen molar-refractivity contribution in [2.75, 3.05) is 5.32 Å². The van der Waals surface area contributed by atoms with Crippen LogP contribution in [0.25, 0.3) is 0 Å². The van der Waals surface area contributed by atoms with Crippen LogP contribution in [0.4, 0.5) is 10.5 Å². The van der Waals surface area contributed by atoms with Gasteiger partial charge in [0.05, 0.1) is 5.69 Å². The lowest BCUT2D eigenvalue weighted by Crippen LogP contribution is -2.46. The van der Waals surface area contributed by atoms with E-state index >= 15 is 0 Å². The highest BCUT2D eigenvalue weighted by atomic mass is 79.9. The van der Waals surface area contributed by atoms with Crippen LogP contribution in [-0.2, 0) is 4.79 Å². The number of hydrogen-bond acceptors (Lipinski definition) is 2. The Morgan fingerprint density at radius 1 is 1.24 bits per heavy atom. The normalized spacial score (nSPS) is 13.4. The molecule has 0 aromatic heterocycles. The molecule has 0 saturated carbocycles. The Hall–Kier alpha value is -0.600. The number of rotatable bonds is 5. The fraction of sp³-hybridized carbons (Fsp3) is 0.385. The van der Waals surface area contributed by atoms with Crippen molar-refractivity contribution in [2.45, 2.75) is 26.3 Å². The molecule has 0 aliphatic rings. The molecular weight excluding hydrogens is 472 g/mol. The lowest BCUT2D eigenvalue weighted by molar-refractivity contribution is -0.140. The van der Waals surface area contributed by atoms with Crippen molar-refractivity contribution in [1.82, 2.24) is 5.32 Å². The highest BCUT2D eigenvalue weighted by Crippen LogP contribution is 2.34. The first-order valence-corrected chi connectivity index (χ1v) is 8.59. The molecule has 3 N–H and O–H groups in total. The number of amides is 2.